The van der Waals surface area contributed by atoms with Gasteiger partial charge < -0.3 is 10.2 Å². The van der Waals surface area contributed by atoms with Gasteiger partial charge in [0, 0.05) is 12.3 Å². The van der Waals surface area contributed by atoms with Gasteiger partial charge in [-0.25, -0.2) is 4.98 Å². The van der Waals surface area contributed by atoms with Crippen LogP contribution in [0.25, 0.3) is 0 Å². The van der Waals surface area contributed by atoms with Crippen LogP contribution in [0.1, 0.15) is 11.1 Å². The summed E-state index contributed by atoms with van der Waals surface area (Å²) in [5, 5.41) is 0.706. The highest BCUT2D eigenvalue weighted by Gasteiger charge is 1.99. The van der Waals surface area contributed by atoms with Crippen LogP contribution in [0, 0.1) is 0 Å². The van der Waals surface area contributed by atoms with Crippen molar-refractivity contribution in [1.29, 1.82) is 0 Å². The molecule has 1 heterocycles. The highest BCUT2D eigenvalue weighted by atomic mass is 32.2. The molecule has 2 N–H and O–H groups in total. The third-order valence-corrected chi connectivity index (χ3v) is 2.96. The smallest absolute Gasteiger partial charge is 0.255 e. The van der Waals surface area contributed by atoms with Gasteiger partial charge in [-0.15, -0.1) is 0 Å². The molecule has 2 rings (SSSR count). The van der Waals surface area contributed by atoms with Crippen molar-refractivity contribution in [3.05, 3.63) is 47.9 Å². The predicted molar refractivity (Wildman–Crippen MR) is 60.4 cm³/mol. The summed E-state index contributed by atoms with van der Waals surface area (Å²) in [4.78, 5) is 4.04. The lowest BCUT2D eigenvalue weighted by atomic mass is 10.1. The van der Waals surface area contributed by atoms with E-state index >= 15 is 0 Å². The summed E-state index contributed by atoms with van der Waals surface area (Å²) in [5.74, 6) is 0.866. The molecule has 0 aliphatic rings. The lowest BCUT2D eigenvalue weighted by molar-refractivity contribution is 0.454. The summed E-state index contributed by atoms with van der Waals surface area (Å²) < 4.78 is 5.13. The van der Waals surface area contributed by atoms with E-state index in [1.165, 1.54) is 5.56 Å². The molecule has 1 aromatic heterocycles. The summed E-state index contributed by atoms with van der Waals surface area (Å²) >= 11 is 1.58. The molecule has 0 atom stereocenters. The molecule has 0 spiro atoms. The molecule has 0 saturated carbocycles. The Morgan fingerprint density at radius 3 is 2.53 bits per heavy atom. The number of hydrogen-bond acceptors (Lipinski definition) is 4. The molecule has 15 heavy (non-hydrogen) atoms. The van der Waals surface area contributed by atoms with Gasteiger partial charge >= 0.3 is 0 Å². The van der Waals surface area contributed by atoms with Crippen molar-refractivity contribution >= 4 is 11.8 Å². The first-order valence-corrected chi connectivity index (χ1v) is 5.67. The largest absolute Gasteiger partial charge is 0.440 e. The Labute approximate surface area is 92.7 Å². The van der Waals surface area contributed by atoms with E-state index in [1.54, 1.807) is 24.2 Å². The van der Waals surface area contributed by atoms with Gasteiger partial charge in [-0.05, 0) is 11.1 Å². The molecule has 4 heteroatoms. The molecule has 0 saturated heterocycles. The second-order valence-corrected chi connectivity index (χ2v) is 4.03. The Bertz CT molecular complexity index is 397. The minimum atomic E-state index is 0.590. The lowest BCUT2D eigenvalue weighted by Gasteiger charge is -2.00. The molecule has 2 aromatic rings. The fourth-order valence-electron chi connectivity index (χ4n) is 1.20. The number of hydrogen-bond donors (Lipinski definition) is 1. The number of aromatic nitrogens is 1. The van der Waals surface area contributed by atoms with E-state index < -0.39 is 0 Å². The van der Waals surface area contributed by atoms with Crippen LogP contribution < -0.4 is 5.73 Å². The van der Waals surface area contributed by atoms with Gasteiger partial charge in [0.1, 0.15) is 6.26 Å². The van der Waals surface area contributed by atoms with Crippen molar-refractivity contribution in [1.82, 2.24) is 4.98 Å². The van der Waals surface area contributed by atoms with Crippen molar-refractivity contribution in [2.45, 2.75) is 17.5 Å². The number of benzene rings is 1. The van der Waals surface area contributed by atoms with Crippen LogP contribution in [0.4, 0.5) is 0 Å². The zero-order chi connectivity index (χ0) is 10.5. The molecule has 0 unspecified atom stereocenters. The number of oxazole rings is 1. The molecule has 0 amide bonds. The maximum Gasteiger partial charge on any atom is 0.255 e. The zero-order valence-corrected chi connectivity index (χ0v) is 9.04. The molecule has 3 nitrogen and oxygen atoms in total. The Balaban J connectivity index is 1.93. The molecule has 78 valence electrons. The predicted octanol–water partition coefficient (Wildman–Crippen LogP) is 2.43. The van der Waals surface area contributed by atoms with Crippen LogP contribution >= 0.6 is 11.8 Å². The second-order valence-electron chi connectivity index (χ2n) is 3.11. The average Bonchev–Trinajstić information content (AvgIpc) is 2.80. The van der Waals surface area contributed by atoms with E-state index in [0.29, 0.717) is 11.8 Å². The average molecular weight is 220 g/mol. The molecule has 0 radical (unpaired) electrons. The number of thioether (sulfide) groups is 1. The van der Waals surface area contributed by atoms with Gasteiger partial charge in [0.25, 0.3) is 5.22 Å². The summed E-state index contributed by atoms with van der Waals surface area (Å²) in [5.41, 5.74) is 7.92. The van der Waals surface area contributed by atoms with Crippen molar-refractivity contribution < 1.29 is 4.42 Å². The molecular weight excluding hydrogens is 208 g/mol. The monoisotopic (exact) mass is 220 g/mol. The first kappa shape index (κ1) is 10.3. The fraction of sp³-hybridized carbons (Fsp3) is 0.182. The van der Waals surface area contributed by atoms with Crippen LogP contribution in [0.15, 0.2) is 46.4 Å². The minimum Gasteiger partial charge on any atom is -0.440 e. The third-order valence-electron chi connectivity index (χ3n) is 2.03. The van der Waals surface area contributed by atoms with Crippen LogP contribution in [-0.4, -0.2) is 4.98 Å². The van der Waals surface area contributed by atoms with E-state index in [0.717, 1.165) is 11.3 Å². The van der Waals surface area contributed by atoms with Crippen molar-refractivity contribution in [2.24, 2.45) is 5.73 Å². The summed E-state index contributed by atoms with van der Waals surface area (Å²) in [7, 11) is 0. The first-order chi connectivity index (χ1) is 7.38. The molecule has 0 fully saturated rings. The Kier molecular flexibility index (Phi) is 3.42. The summed E-state index contributed by atoms with van der Waals surface area (Å²) in [6.07, 6.45) is 3.24. The summed E-state index contributed by atoms with van der Waals surface area (Å²) in [6.45, 7) is 0.590. The topological polar surface area (TPSA) is 52.0 Å². The molecule has 1 aromatic carbocycles. The lowest BCUT2D eigenvalue weighted by Crippen LogP contribution is -1.95. The van der Waals surface area contributed by atoms with E-state index in [2.05, 4.69) is 17.1 Å². The van der Waals surface area contributed by atoms with Crippen molar-refractivity contribution in [2.75, 3.05) is 0 Å². The van der Waals surface area contributed by atoms with E-state index in [4.69, 9.17) is 10.2 Å². The zero-order valence-electron chi connectivity index (χ0n) is 8.22. The summed E-state index contributed by atoms with van der Waals surface area (Å²) in [6, 6.07) is 8.26. The van der Waals surface area contributed by atoms with Gasteiger partial charge in [-0.1, -0.05) is 36.0 Å². The standard InChI is InChI=1S/C11H12N2OS/c12-7-9-1-3-10(4-2-9)8-15-11-13-5-6-14-11/h1-6H,7-8,12H2. The van der Waals surface area contributed by atoms with Gasteiger partial charge in [0.05, 0.1) is 6.20 Å². The Hall–Kier alpha value is -1.26. The highest BCUT2D eigenvalue weighted by molar-refractivity contribution is 7.98. The SMILES string of the molecule is NCc1ccc(CSc2ncco2)cc1. The van der Waals surface area contributed by atoms with Crippen molar-refractivity contribution in [3.8, 4) is 0 Å². The number of rotatable bonds is 4. The Morgan fingerprint density at radius 2 is 1.93 bits per heavy atom. The quantitative estimate of drug-likeness (QED) is 0.804. The molecular formula is C11H12N2OS. The van der Waals surface area contributed by atoms with Crippen LogP contribution in [0.2, 0.25) is 0 Å². The van der Waals surface area contributed by atoms with Gasteiger partial charge in [0.15, 0.2) is 0 Å². The third kappa shape index (κ3) is 2.84. The maximum atomic E-state index is 5.52. The van der Waals surface area contributed by atoms with Gasteiger partial charge in [0.2, 0.25) is 0 Å². The van der Waals surface area contributed by atoms with E-state index in [9.17, 15) is 0 Å². The normalized spacial score (nSPS) is 10.5. The van der Waals surface area contributed by atoms with Crippen molar-refractivity contribution in [3.63, 3.8) is 0 Å². The Morgan fingerprint density at radius 1 is 1.20 bits per heavy atom. The van der Waals surface area contributed by atoms with Crippen LogP contribution in [0.5, 0.6) is 0 Å². The molecule has 0 aliphatic heterocycles. The van der Waals surface area contributed by atoms with E-state index in [-0.39, 0.29) is 0 Å². The number of nitrogens with zero attached hydrogens (tertiary/aromatic N) is 1. The molecule has 0 bridgehead atoms. The molecule has 0 aliphatic carbocycles. The second kappa shape index (κ2) is 5.00. The fourth-order valence-corrected chi connectivity index (χ4v) is 1.94. The first-order valence-electron chi connectivity index (χ1n) is 4.68. The minimum absolute atomic E-state index is 0.590. The number of nitrogens with two attached hydrogens (primary N) is 1. The highest BCUT2D eigenvalue weighted by Crippen LogP contribution is 2.20. The maximum absolute atomic E-state index is 5.52. The van der Waals surface area contributed by atoms with Crippen LogP contribution in [0.3, 0.4) is 0 Å². The van der Waals surface area contributed by atoms with E-state index in [1.807, 2.05) is 12.1 Å². The van der Waals surface area contributed by atoms with Gasteiger partial charge in [-0.2, -0.15) is 0 Å². The van der Waals surface area contributed by atoms with Crippen LogP contribution in [-0.2, 0) is 12.3 Å². The van der Waals surface area contributed by atoms with Gasteiger partial charge in [-0.3, -0.25) is 0 Å².